The lowest BCUT2D eigenvalue weighted by molar-refractivity contribution is -0.149. The van der Waals surface area contributed by atoms with E-state index in [1.807, 2.05) is 11.8 Å². The molecule has 2 aliphatic heterocycles. The highest BCUT2D eigenvalue weighted by Crippen LogP contribution is 2.25. The molecule has 1 amide bonds. The first kappa shape index (κ1) is 17.3. The van der Waals surface area contributed by atoms with Gasteiger partial charge in [-0.05, 0) is 52.1 Å². The maximum Gasteiger partial charge on any atom is 0.309 e. The topological polar surface area (TPSA) is 49.9 Å². The number of piperidine rings is 1. The van der Waals surface area contributed by atoms with E-state index in [1.54, 1.807) is 0 Å². The number of likely N-dealkylation sites (tertiary alicyclic amines) is 2. The van der Waals surface area contributed by atoms with E-state index in [-0.39, 0.29) is 11.9 Å². The SMILES string of the molecule is CCCN1CC[C@H](N2CCC(C(=O)OCC)CC2)CCC1=O. The first-order chi connectivity index (χ1) is 10.7. The standard InChI is InChI=1S/C17H30N2O3/c1-3-10-19-13-9-15(5-6-16(19)20)18-11-7-14(8-12-18)17(21)22-4-2/h14-15H,3-13H2,1-2H3/t15-/m1/s1. The molecule has 0 aromatic heterocycles. The number of nitrogens with zero attached hydrogens (tertiary/aromatic N) is 2. The predicted molar refractivity (Wildman–Crippen MR) is 85.4 cm³/mol. The Bertz CT molecular complexity index is 378. The van der Waals surface area contributed by atoms with Gasteiger partial charge in [-0.25, -0.2) is 0 Å². The van der Waals surface area contributed by atoms with Crippen molar-refractivity contribution < 1.29 is 14.3 Å². The maximum atomic E-state index is 12.1. The summed E-state index contributed by atoms with van der Waals surface area (Å²) < 4.78 is 5.13. The number of carbonyl (C=O) groups excluding carboxylic acids is 2. The molecule has 0 bridgehead atoms. The number of hydrogen-bond acceptors (Lipinski definition) is 4. The molecule has 0 radical (unpaired) electrons. The second-order valence-electron chi connectivity index (χ2n) is 6.42. The fourth-order valence-corrected chi connectivity index (χ4v) is 3.65. The first-order valence-electron chi connectivity index (χ1n) is 8.84. The molecule has 0 spiro atoms. The van der Waals surface area contributed by atoms with Crippen molar-refractivity contribution in [1.82, 2.24) is 9.80 Å². The average molecular weight is 310 g/mol. The van der Waals surface area contributed by atoms with Crippen molar-refractivity contribution in [2.75, 3.05) is 32.8 Å². The second kappa shape index (κ2) is 8.51. The summed E-state index contributed by atoms with van der Waals surface area (Å²) in [5, 5.41) is 0. The minimum Gasteiger partial charge on any atom is -0.466 e. The van der Waals surface area contributed by atoms with E-state index in [9.17, 15) is 9.59 Å². The van der Waals surface area contributed by atoms with E-state index in [0.717, 1.165) is 58.3 Å². The van der Waals surface area contributed by atoms with Crippen LogP contribution >= 0.6 is 0 Å². The van der Waals surface area contributed by atoms with E-state index in [4.69, 9.17) is 4.74 Å². The molecule has 0 N–H and O–H groups in total. The van der Waals surface area contributed by atoms with Crippen molar-refractivity contribution in [2.24, 2.45) is 5.92 Å². The quantitative estimate of drug-likeness (QED) is 0.729. The van der Waals surface area contributed by atoms with Crippen molar-refractivity contribution in [1.29, 1.82) is 0 Å². The molecule has 1 atom stereocenters. The van der Waals surface area contributed by atoms with Gasteiger partial charge in [-0.3, -0.25) is 9.59 Å². The largest absolute Gasteiger partial charge is 0.466 e. The van der Waals surface area contributed by atoms with E-state index < -0.39 is 0 Å². The van der Waals surface area contributed by atoms with Crippen LogP contribution in [-0.2, 0) is 14.3 Å². The molecular weight excluding hydrogens is 280 g/mol. The van der Waals surface area contributed by atoms with Gasteiger partial charge in [-0.1, -0.05) is 6.92 Å². The third-order valence-electron chi connectivity index (χ3n) is 4.94. The molecule has 126 valence electrons. The zero-order valence-corrected chi connectivity index (χ0v) is 14.1. The molecule has 2 saturated heterocycles. The first-order valence-corrected chi connectivity index (χ1v) is 8.84. The highest BCUT2D eigenvalue weighted by molar-refractivity contribution is 5.76. The van der Waals surface area contributed by atoms with Crippen molar-refractivity contribution >= 4 is 11.9 Å². The number of esters is 1. The van der Waals surface area contributed by atoms with Crippen LogP contribution in [0.5, 0.6) is 0 Å². The van der Waals surface area contributed by atoms with Gasteiger partial charge in [-0.2, -0.15) is 0 Å². The molecule has 2 fully saturated rings. The monoisotopic (exact) mass is 310 g/mol. The molecule has 2 heterocycles. The zero-order valence-electron chi connectivity index (χ0n) is 14.1. The lowest BCUT2D eigenvalue weighted by Gasteiger charge is -2.36. The molecule has 2 aliphatic rings. The van der Waals surface area contributed by atoms with Crippen LogP contribution in [0, 0.1) is 5.92 Å². The molecule has 0 aliphatic carbocycles. The Balaban J connectivity index is 1.81. The summed E-state index contributed by atoms with van der Waals surface area (Å²) in [6, 6.07) is 0.494. The van der Waals surface area contributed by atoms with Crippen LogP contribution in [0.2, 0.25) is 0 Å². The average Bonchev–Trinajstić information content (AvgIpc) is 2.71. The van der Waals surface area contributed by atoms with Crippen LogP contribution in [0.4, 0.5) is 0 Å². The van der Waals surface area contributed by atoms with E-state index in [2.05, 4.69) is 11.8 Å². The summed E-state index contributed by atoms with van der Waals surface area (Å²) in [5.41, 5.74) is 0. The van der Waals surface area contributed by atoms with Crippen LogP contribution in [-0.4, -0.2) is 60.5 Å². The van der Waals surface area contributed by atoms with Gasteiger partial charge in [-0.15, -0.1) is 0 Å². The minimum atomic E-state index is -0.0349. The van der Waals surface area contributed by atoms with Crippen LogP contribution in [0.3, 0.4) is 0 Å². The molecule has 0 aromatic carbocycles. The molecule has 5 nitrogen and oxygen atoms in total. The number of hydrogen-bond donors (Lipinski definition) is 0. The van der Waals surface area contributed by atoms with E-state index in [0.29, 0.717) is 25.0 Å². The third-order valence-corrected chi connectivity index (χ3v) is 4.94. The summed E-state index contributed by atoms with van der Waals surface area (Å²) in [6.07, 6.45) is 5.51. The Morgan fingerprint density at radius 3 is 2.50 bits per heavy atom. The van der Waals surface area contributed by atoms with Gasteiger partial charge in [0.25, 0.3) is 0 Å². The van der Waals surface area contributed by atoms with Crippen molar-refractivity contribution in [3.8, 4) is 0 Å². The van der Waals surface area contributed by atoms with Gasteiger partial charge in [0.1, 0.15) is 0 Å². The molecule has 0 unspecified atom stereocenters. The Hall–Kier alpha value is -1.10. The van der Waals surface area contributed by atoms with Gasteiger partial charge in [0.15, 0.2) is 0 Å². The molecular formula is C17H30N2O3. The van der Waals surface area contributed by atoms with Crippen LogP contribution < -0.4 is 0 Å². The van der Waals surface area contributed by atoms with Crippen molar-refractivity contribution in [3.63, 3.8) is 0 Å². The lowest BCUT2D eigenvalue weighted by Crippen LogP contribution is -2.43. The van der Waals surface area contributed by atoms with Crippen LogP contribution in [0.25, 0.3) is 0 Å². The Morgan fingerprint density at radius 2 is 1.86 bits per heavy atom. The lowest BCUT2D eigenvalue weighted by atomic mass is 9.94. The maximum absolute atomic E-state index is 12.1. The highest BCUT2D eigenvalue weighted by atomic mass is 16.5. The third kappa shape index (κ3) is 4.45. The molecule has 22 heavy (non-hydrogen) atoms. The molecule has 2 rings (SSSR count). The molecule has 5 heteroatoms. The predicted octanol–water partition coefficient (Wildman–Crippen LogP) is 2.05. The Labute approximate surface area is 134 Å². The smallest absolute Gasteiger partial charge is 0.309 e. The van der Waals surface area contributed by atoms with E-state index in [1.165, 1.54) is 0 Å². The van der Waals surface area contributed by atoms with Gasteiger partial charge in [0.2, 0.25) is 5.91 Å². The van der Waals surface area contributed by atoms with Crippen molar-refractivity contribution in [2.45, 2.75) is 58.4 Å². The van der Waals surface area contributed by atoms with Gasteiger partial charge in [0.05, 0.1) is 12.5 Å². The fourth-order valence-electron chi connectivity index (χ4n) is 3.65. The zero-order chi connectivity index (χ0) is 15.9. The number of rotatable bonds is 5. The number of ether oxygens (including phenoxy) is 1. The summed E-state index contributed by atoms with van der Waals surface area (Å²) in [6.45, 7) is 8.13. The van der Waals surface area contributed by atoms with Gasteiger partial charge >= 0.3 is 5.97 Å². The van der Waals surface area contributed by atoms with Gasteiger partial charge < -0.3 is 14.5 Å². The molecule has 0 saturated carbocycles. The fraction of sp³-hybridized carbons (Fsp3) is 0.882. The normalized spacial score (nSPS) is 25.1. The molecule has 0 aromatic rings. The Kier molecular flexibility index (Phi) is 6.68. The van der Waals surface area contributed by atoms with Crippen LogP contribution in [0.15, 0.2) is 0 Å². The summed E-state index contributed by atoms with van der Waals surface area (Å²) >= 11 is 0. The number of amides is 1. The summed E-state index contributed by atoms with van der Waals surface area (Å²) in [4.78, 5) is 28.4. The minimum absolute atomic E-state index is 0.0349. The highest BCUT2D eigenvalue weighted by Gasteiger charge is 2.31. The van der Waals surface area contributed by atoms with E-state index >= 15 is 0 Å². The van der Waals surface area contributed by atoms with Crippen molar-refractivity contribution in [3.05, 3.63) is 0 Å². The second-order valence-corrected chi connectivity index (χ2v) is 6.42. The summed E-state index contributed by atoms with van der Waals surface area (Å²) in [7, 11) is 0. The number of carbonyl (C=O) groups is 2. The summed E-state index contributed by atoms with van der Waals surface area (Å²) in [5.74, 6) is 0.346. The van der Waals surface area contributed by atoms with Crippen LogP contribution in [0.1, 0.15) is 52.4 Å². The Morgan fingerprint density at radius 1 is 1.14 bits per heavy atom. The van der Waals surface area contributed by atoms with Gasteiger partial charge in [0, 0.05) is 25.6 Å².